The van der Waals surface area contributed by atoms with Crippen molar-refractivity contribution in [3.8, 4) is 33.5 Å². The zero-order valence-corrected chi connectivity index (χ0v) is 22.9. The van der Waals surface area contributed by atoms with Gasteiger partial charge in [0.05, 0.1) is 34.5 Å². The second-order valence-corrected chi connectivity index (χ2v) is 10.4. The lowest BCUT2D eigenvalue weighted by atomic mass is 9.84. The first-order valence-corrected chi connectivity index (χ1v) is 13.9. The highest BCUT2D eigenvalue weighted by Gasteiger charge is 2.19. The Kier molecular flexibility index (Phi) is 3.37. The van der Waals surface area contributed by atoms with Crippen molar-refractivity contribution in [2.24, 2.45) is 0 Å². The van der Waals surface area contributed by atoms with Crippen LogP contribution in [0.1, 0.15) is 17.8 Å². The van der Waals surface area contributed by atoms with Crippen molar-refractivity contribution in [2.45, 2.75) is 0 Å². The highest BCUT2D eigenvalue weighted by atomic mass is 14.8. The topological polar surface area (TPSA) is 25.8 Å². The van der Waals surface area contributed by atoms with Gasteiger partial charge in [0.25, 0.3) is 0 Å². The highest BCUT2D eigenvalue weighted by molar-refractivity contribution is 6.24. The van der Waals surface area contributed by atoms with Crippen LogP contribution in [0.5, 0.6) is 0 Å². The molecule has 0 aliphatic heterocycles. The van der Waals surface area contributed by atoms with Crippen molar-refractivity contribution in [2.75, 3.05) is 0 Å². The molecule has 9 aromatic rings. The third-order valence-electron chi connectivity index (χ3n) is 8.03. The Labute approximate surface area is 273 Å². The molecule has 0 aliphatic rings. The molecule has 44 heavy (non-hydrogen) atoms. The van der Waals surface area contributed by atoms with E-state index < -0.39 is 84.1 Å². The molecule has 0 saturated carbocycles. The smallest absolute Gasteiger partial charge is 0.0972 e. The Bertz CT molecular complexity index is 3180. The average molecular weight is 572 g/mol. The first-order chi connectivity index (χ1) is 27.2. The summed E-state index contributed by atoms with van der Waals surface area (Å²) in [6.07, 6.45) is 1.71. The monoisotopic (exact) mass is 571 g/mol. The van der Waals surface area contributed by atoms with Crippen LogP contribution in [0.2, 0.25) is 0 Å². The van der Waals surface area contributed by atoms with E-state index in [0.29, 0.717) is 27.5 Å². The molecule has 0 fully saturated rings. The van der Waals surface area contributed by atoms with Crippen LogP contribution in [0, 0.1) is 0 Å². The second kappa shape index (κ2) is 9.86. The number of hydrogen-bond donors (Lipinski definition) is 0. The minimum Gasteiger partial charge on any atom is -0.254 e. The first-order valence-electron chi connectivity index (χ1n) is 20.4. The maximum absolute atomic E-state index is 9.33. The van der Waals surface area contributed by atoms with E-state index >= 15 is 0 Å². The van der Waals surface area contributed by atoms with Gasteiger partial charge in [-0.25, -0.2) is 4.98 Å². The molecular formula is C42H26N2. The van der Waals surface area contributed by atoms with Crippen molar-refractivity contribution in [3.05, 3.63) is 158 Å². The minimum atomic E-state index is -0.717. The summed E-state index contributed by atoms with van der Waals surface area (Å²) in [6.45, 7) is 0. The Hall–Kier alpha value is -5.86. The number of rotatable bonds is 3. The summed E-state index contributed by atoms with van der Waals surface area (Å²) >= 11 is 0. The molecule has 204 valence electrons. The summed E-state index contributed by atoms with van der Waals surface area (Å²) in [5, 5.41) is 2.30. The number of pyridine rings is 2. The Balaban J connectivity index is 1.49. The molecule has 0 unspecified atom stereocenters. The van der Waals surface area contributed by atoms with Crippen LogP contribution >= 0.6 is 0 Å². The van der Waals surface area contributed by atoms with Gasteiger partial charge in [0.15, 0.2) is 0 Å². The van der Waals surface area contributed by atoms with Gasteiger partial charge < -0.3 is 0 Å². The molecular weight excluding hydrogens is 532 g/mol. The zero-order valence-electron chi connectivity index (χ0n) is 35.9. The van der Waals surface area contributed by atoms with Crippen LogP contribution in [-0.4, -0.2) is 9.97 Å². The lowest BCUT2D eigenvalue weighted by Gasteiger charge is -2.19. The molecule has 0 spiro atoms. The normalized spacial score (nSPS) is 15.8. The number of nitrogens with zero attached hydrogens (tertiary/aromatic N) is 2. The maximum atomic E-state index is 9.33. The van der Waals surface area contributed by atoms with Gasteiger partial charge in [-0.3, -0.25) is 4.98 Å². The molecule has 0 aliphatic carbocycles. The van der Waals surface area contributed by atoms with Gasteiger partial charge >= 0.3 is 0 Å². The maximum Gasteiger partial charge on any atom is 0.0972 e. The van der Waals surface area contributed by atoms with Crippen LogP contribution in [0.15, 0.2) is 158 Å². The van der Waals surface area contributed by atoms with Gasteiger partial charge in [-0.05, 0) is 66.7 Å². The summed E-state index contributed by atoms with van der Waals surface area (Å²) in [6, 6.07) is 14.1. The fourth-order valence-corrected chi connectivity index (χ4v) is 6.13. The SMILES string of the molecule is [2H]c1c([2H])c([2H])c(-c2c3c([2H])c([2H])c([2H])c([2H])c3c(-c3ccc(-c4ccc5ccc6cccnc6c5n4)c4ccccc34)c3c([2H])c([2H])c([2H])c([2H])c23)c([2H])c1[2H]. The van der Waals surface area contributed by atoms with Crippen LogP contribution in [-0.2, 0) is 0 Å². The van der Waals surface area contributed by atoms with Crippen molar-refractivity contribution in [3.63, 3.8) is 0 Å². The van der Waals surface area contributed by atoms with Gasteiger partial charge in [0.1, 0.15) is 0 Å². The Morgan fingerprint density at radius 3 is 1.70 bits per heavy atom. The Morgan fingerprint density at radius 2 is 1.00 bits per heavy atom. The molecule has 0 bridgehead atoms. The number of hydrogen-bond acceptors (Lipinski definition) is 2. The molecule has 7 aromatic carbocycles. The third kappa shape index (κ3) is 3.75. The summed E-state index contributed by atoms with van der Waals surface area (Å²) < 4.78 is 115. The highest BCUT2D eigenvalue weighted by Crippen LogP contribution is 2.46. The van der Waals surface area contributed by atoms with Crippen molar-refractivity contribution < 1.29 is 17.8 Å². The van der Waals surface area contributed by atoms with E-state index in [1.54, 1.807) is 18.3 Å². The standard InChI is InChI=1S/C42H26N2/c1-2-11-27(12-3-1)39-33-16-6-8-18-35(33)40(36-19-9-7-17-34(36)39)37-24-23-32(30-14-4-5-15-31(30)37)38-25-22-29-21-20-28-13-10-26-43-41(28)42(29)44-38/h1-26H/i1D,2D,3D,6D,7D,8D,9D,11D,12D,16D,17D,18D,19D. The molecule has 0 saturated heterocycles. The third-order valence-corrected chi connectivity index (χ3v) is 8.03. The van der Waals surface area contributed by atoms with Crippen LogP contribution < -0.4 is 0 Å². The summed E-state index contributed by atoms with van der Waals surface area (Å²) in [5.41, 5.74) is 2.45. The second-order valence-electron chi connectivity index (χ2n) is 10.4. The molecule has 9 rings (SSSR count). The molecule has 0 amide bonds. The molecule has 0 radical (unpaired) electrons. The molecule has 2 nitrogen and oxygen atoms in total. The number of aromatic nitrogens is 2. The summed E-state index contributed by atoms with van der Waals surface area (Å²) in [7, 11) is 0. The van der Waals surface area contributed by atoms with Crippen LogP contribution in [0.3, 0.4) is 0 Å². The summed E-state index contributed by atoms with van der Waals surface area (Å²) in [5.74, 6) is 0. The average Bonchev–Trinajstić information content (AvgIpc) is 3.23. The van der Waals surface area contributed by atoms with E-state index in [1.165, 1.54) is 0 Å². The molecule has 2 heteroatoms. The van der Waals surface area contributed by atoms with E-state index in [4.69, 9.17) is 17.3 Å². The minimum absolute atomic E-state index is 0.0690. The van der Waals surface area contributed by atoms with Crippen LogP contribution in [0.4, 0.5) is 0 Å². The predicted molar refractivity (Wildman–Crippen MR) is 186 cm³/mol. The quantitative estimate of drug-likeness (QED) is 0.156. The largest absolute Gasteiger partial charge is 0.254 e. The fraction of sp³-hybridized carbons (Fsp3) is 0. The van der Waals surface area contributed by atoms with E-state index in [0.717, 1.165) is 21.9 Å². The molecule has 2 heterocycles. The van der Waals surface area contributed by atoms with Gasteiger partial charge in [0.2, 0.25) is 0 Å². The van der Waals surface area contributed by atoms with Gasteiger partial charge in [-0.2, -0.15) is 0 Å². The predicted octanol–water partition coefficient (Wildman–Crippen LogP) is 11.2. The first kappa shape index (κ1) is 15.0. The lowest BCUT2D eigenvalue weighted by Crippen LogP contribution is -1.93. The van der Waals surface area contributed by atoms with E-state index in [-0.39, 0.29) is 32.7 Å². The van der Waals surface area contributed by atoms with E-state index in [9.17, 15) is 5.48 Å². The van der Waals surface area contributed by atoms with Gasteiger partial charge in [0, 0.05) is 22.5 Å². The van der Waals surface area contributed by atoms with E-state index in [2.05, 4.69) is 4.98 Å². The van der Waals surface area contributed by atoms with Crippen LogP contribution in [0.25, 0.3) is 87.6 Å². The van der Waals surface area contributed by atoms with Gasteiger partial charge in [-0.1, -0.05) is 139 Å². The lowest BCUT2D eigenvalue weighted by molar-refractivity contribution is 1.37. The molecule has 2 aromatic heterocycles. The van der Waals surface area contributed by atoms with Crippen molar-refractivity contribution >= 4 is 54.1 Å². The number of fused-ring (bicyclic) bond motifs is 6. The number of benzene rings is 7. The fourth-order valence-electron chi connectivity index (χ4n) is 6.13. The van der Waals surface area contributed by atoms with Crippen molar-refractivity contribution in [1.29, 1.82) is 0 Å². The zero-order chi connectivity index (χ0) is 40.3. The van der Waals surface area contributed by atoms with Crippen molar-refractivity contribution in [1.82, 2.24) is 9.97 Å². The van der Waals surface area contributed by atoms with E-state index in [1.807, 2.05) is 60.7 Å². The Morgan fingerprint density at radius 1 is 0.432 bits per heavy atom. The van der Waals surface area contributed by atoms with Gasteiger partial charge in [-0.15, -0.1) is 0 Å². The molecule has 0 N–H and O–H groups in total. The summed E-state index contributed by atoms with van der Waals surface area (Å²) in [4.78, 5) is 9.65. The molecule has 0 atom stereocenters.